The highest BCUT2D eigenvalue weighted by Crippen LogP contribution is 2.19. The molecule has 0 atom stereocenters. The summed E-state index contributed by atoms with van der Waals surface area (Å²) in [5, 5.41) is 2.81. The third-order valence-corrected chi connectivity index (χ3v) is 6.00. The summed E-state index contributed by atoms with van der Waals surface area (Å²) in [5.41, 5.74) is 1.77. The van der Waals surface area contributed by atoms with E-state index in [4.69, 9.17) is 0 Å². The van der Waals surface area contributed by atoms with Gasteiger partial charge in [-0.05, 0) is 42.7 Å². The first kappa shape index (κ1) is 21.6. The van der Waals surface area contributed by atoms with Crippen molar-refractivity contribution in [1.82, 2.24) is 4.31 Å². The quantitative estimate of drug-likeness (QED) is 0.582. The van der Waals surface area contributed by atoms with Gasteiger partial charge in [-0.15, -0.1) is 13.2 Å². The fourth-order valence-corrected chi connectivity index (χ4v) is 4.12. The van der Waals surface area contributed by atoms with E-state index in [9.17, 15) is 13.2 Å². The fourth-order valence-electron chi connectivity index (χ4n) is 2.74. The Bertz CT molecular complexity index is 881. The number of carbonyl (C=O) groups is 1. The summed E-state index contributed by atoms with van der Waals surface area (Å²) >= 11 is 0. The maximum atomic E-state index is 12.7. The van der Waals surface area contributed by atoms with E-state index >= 15 is 0 Å². The van der Waals surface area contributed by atoms with Gasteiger partial charge in [0, 0.05) is 25.2 Å². The van der Waals surface area contributed by atoms with Crippen LogP contribution in [0.2, 0.25) is 0 Å². The van der Waals surface area contributed by atoms with Crippen LogP contribution in [-0.2, 0) is 21.2 Å². The zero-order valence-corrected chi connectivity index (χ0v) is 16.7. The van der Waals surface area contributed by atoms with Crippen LogP contribution in [0, 0.1) is 0 Å². The minimum atomic E-state index is -3.64. The fraction of sp³-hybridized carbons (Fsp3) is 0.227. The van der Waals surface area contributed by atoms with Gasteiger partial charge in [0.1, 0.15) is 0 Å². The molecule has 0 aliphatic rings. The van der Waals surface area contributed by atoms with Crippen molar-refractivity contribution in [2.75, 3.05) is 18.4 Å². The molecule has 2 rings (SSSR count). The number of hydrogen-bond donors (Lipinski definition) is 1. The second-order valence-corrected chi connectivity index (χ2v) is 8.25. The zero-order chi connectivity index (χ0) is 20.4. The van der Waals surface area contributed by atoms with Crippen LogP contribution in [0.3, 0.4) is 0 Å². The number of anilines is 1. The molecule has 0 unspecified atom stereocenters. The van der Waals surface area contributed by atoms with Gasteiger partial charge < -0.3 is 5.32 Å². The normalized spacial score (nSPS) is 11.2. The predicted molar refractivity (Wildman–Crippen MR) is 114 cm³/mol. The van der Waals surface area contributed by atoms with Gasteiger partial charge >= 0.3 is 0 Å². The topological polar surface area (TPSA) is 66.5 Å². The minimum absolute atomic E-state index is 0.0912. The summed E-state index contributed by atoms with van der Waals surface area (Å²) in [5.74, 6) is -0.0912. The van der Waals surface area contributed by atoms with Gasteiger partial charge in [0.15, 0.2) is 0 Å². The first-order chi connectivity index (χ1) is 13.5. The molecule has 2 aromatic carbocycles. The van der Waals surface area contributed by atoms with E-state index < -0.39 is 10.0 Å². The molecular weight excluding hydrogens is 372 g/mol. The highest BCUT2D eigenvalue weighted by Gasteiger charge is 2.22. The summed E-state index contributed by atoms with van der Waals surface area (Å²) in [6.07, 6.45) is 5.06. The van der Waals surface area contributed by atoms with Crippen molar-refractivity contribution in [1.29, 1.82) is 0 Å². The Morgan fingerprint density at radius 2 is 1.57 bits per heavy atom. The highest BCUT2D eigenvalue weighted by atomic mass is 32.2. The van der Waals surface area contributed by atoms with Crippen LogP contribution in [0.5, 0.6) is 0 Å². The van der Waals surface area contributed by atoms with Gasteiger partial charge in [0.2, 0.25) is 15.9 Å². The molecule has 2 aromatic rings. The van der Waals surface area contributed by atoms with Crippen LogP contribution in [0.4, 0.5) is 5.69 Å². The third-order valence-electron chi connectivity index (χ3n) is 4.15. The lowest BCUT2D eigenvalue weighted by Gasteiger charge is -2.19. The maximum Gasteiger partial charge on any atom is 0.243 e. The van der Waals surface area contributed by atoms with Crippen molar-refractivity contribution in [3.8, 4) is 0 Å². The number of aryl methyl sites for hydroxylation is 1. The molecule has 0 aliphatic carbocycles. The Hall–Kier alpha value is -2.70. The Kier molecular flexibility index (Phi) is 8.17. The third kappa shape index (κ3) is 6.18. The lowest BCUT2D eigenvalue weighted by atomic mass is 10.1. The van der Waals surface area contributed by atoms with Crippen molar-refractivity contribution < 1.29 is 13.2 Å². The molecule has 0 heterocycles. The average Bonchev–Trinajstić information content (AvgIpc) is 2.69. The molecule has 0 bridgehead atoms. The van der Waals surface area contributed by atoms with Crippen LogP contribution >= 0.6 is 0 Å². The van der Waals surface area contributed by atoms with Crippen LogP contribution in [0.15, 0.2) is 84.8 Å². The molecule has 0 aromatic heterocycles. The molecular formula is C22H26N2O3S. The van der Waals surface area contributed by atoms with E-state index in [0.717, 1.165) is 12.8 Å². The van der Waals surface area contributed by atoms with E-state index in [1.807, 2.05) is 30.3 Å². The first-order valence-corrected chi connectivity index (χ1v) is 10.6. The average molecular weight is 399 g/mol. The van der Waals surface area contributed by atoms with Crippen LogP contribution < -0.4 is 5.32 Å². The summed E-state index contributed by atoms with van der Waals surface area (Å²) in [4.78, 5) is 12.3. The Morgan fingerprint density at radius 1 is 0.964 bits per heavy atom. The molecule has 0 spiro atoms. The lowest BCUT2D eigenvalue weighted by molar-refractivity contribution is -0.116. The summed E-state index contributed by atoms with van der Waals surface area (Å²) in [6, 6.07) is 16.2. The highest BCUT2D eigenvalue weighted by molar-refractivity contribution is 7.89. The number of benzene rings is 2. The Labute approximate surface area is 167 Å². The smallest absolute Gasteiger partial charge is 0.243 e. The van der Waals surface area contributed by atoms with E-state index in [0.29, 0.717) is 12.1 Å². The minimum Gasteiger partial charge on any atom is -0.326 e. The van der Waals surface area contributed by atoms with E-state index in [1.165, 1.54) is 34.2 Å². The molecule has 148 valence electrons. The second-order valence-electron chi connectivity index (χ2n) is 6.31. The number of rotatable bonds is 11. The van der Waals surface area contributed by atoms with Gasteiger partial charge in [0.05, 0.1) is 4.90 Å². The summed E-state index contributed by atoms with van der Waals surface area (Å²) in [7, 11) is -3.64. The number of hydrogen-bond acceptors (Lipinski definition) is 3. The summed E-state index contributed by atoms with van der Waals surface area (Å²) < 4.78 is 26.6. The molecule has 1 amide bonds. The van der Waals surface area contributed by atoms with Gasteiger partial charge in [-0.25, -0.2) is 8.42 Å². The molecule has 0 aliphatic heterocycles. The second kappa shape index (κ2) is 10.6. The Balaban J connectivity index is 1.93. The standard InChI is InChI=1S/C22H26N2O3S/c1-3-17-24(18-4-2)28(26,27)21-15-13-20(14-16-21)23-22(25)12-8-11-19-9-6-5-7-10-19/h3-7,9-10,13-16H,1-2,8,11-12,17-18H2,(H,23,25). The van der Waals surface area contributed by atoms with Crippen LogP contribution in [-0.4, -0.2) is 31.7 Å². The van der Waals surface area contributed by atoms with Crippen LogP contribution in [0.25, 0.3) is 0 Å². The van der Waals surface area contributed by atoms with Crippen molar-refractivity contribution in [3.63, 3.8) is 0 Å². The van der Waals surface area contributed by atoms with Crippen molar-refractivity contribution in [3.05, 3.63) is 85.5 Å². The van der Waals surface area contributed by atoms with E-state index in [-0.39, 0.29) is 23.9 Å². The monoisotopic (exact) mass is 398 g/mol. The molecule has 28 heavy (non-hydrogen) atoms. The number of nitrogens with zero attached hydrogens (tertiary/aromatic N) is 1. The number of amides is 1. The first-order valence-electron chi connectivity index (χ1n) is 9.13. The molecule has 5 nitrogen and oxygen atoms in total. The molecule has 1 N–H and O–H groups in total. The van der Waals surface area contributed by atoms with Gasteiger partial charge in [-0.2, -0.15) is 4.31 Å². The van der Waals surface area contributed by atoms with Gasteiger partial charge in [0.25, 0.3) is 0 Å². The maximum absolute atomic E-state index is 12.7. The number of sulfonamides is 1. The van der Waals surface area contributed by atoms with Gasteiger partial charge in [-0.3, -0.25) is 4.79 Å². The molecule has 0 saturated carbocycles. The van der Waals surface area contributed by atoms with E-state index in [1.54, 1.807) is 12.1 Å². The SMILES string of the molecule is C=CCN(CC=C)S(=O)(=O)c1ccc(NC(=O)CCCc2ccccc2)cc1. The zero-order valence-electron chi connectivity index (χ0n) is 15.9. The Morgan fingerprint density at radius 3 is 2.14 bits per heavy atom. The van der Waals surface area contributed by atoms with E-state index in [2.05, 4.69) is 18.5 Å². The molecule has 6 heteroatoms. The van der Waals surface area contributed by atoms with Gasteiger partial charge in [-0.1, -0.05) is 42.5 Å². The number of carbonyl (C=O) groups excluding carboxylic acids is 1. The molecule has 0 fully saturated rings. The summed E-state index contributed by atoms with van der Waals surface area (Å²) in [6.45, 7) is 7.59. The number of nitrogens with one attached hydrogen (secondary N) is 1. The van der Waals surface area contributed by atoms with Crippen molar-refractivity contribution >= 4 is 21.6 Å². The van der Waals surface area contributed by atoms with Crippen molar-refractivity contribution in [2.24, 2.45) is 0 Å². The predicted octanol–water partition coefficient (Wildman–Crippen LogP) is 4.01. The largest absolute Gasteiger partial charge is 0.326 e. The molecule has 0 radical (unpaired) electrons. The lowest BCUT2D eigenvalue weighted by Crippen LogP contribution is -2.31. The van der Waals surface area contributed by atoms with Crippen molar-refractivity contribution in [2.45, 2.75) is 24.2 Å². The molecule has 0 saturated heterocycles. The van der Waals surface area contributed by atoms with Crippen LogP contribution in [0.1, 0.15) is 18.4 Å².